The summed E-state index contributed by atoms with van der Waals surface area (Å²) in [6.07, 6.45) is 3.58. The number of aliphatic imine (C=N–C) groups is 1. The van der Waals surface area contributed by atoms with E-state index in [0.29, 0.717) is 12.6 Å². The fourth-order valence-electron chi connectivity index (χ4n) is 3.40. The second-order valence-corrected chi connectivity index (χ2v) is 6.58. The number of hydrogen-bond acceptors (Lipinski definition) is 4. The average molecular weight is 352 g/mol. The Labute approximate surface area is 152 Å². The van der Waals surface area contributed by atoms with Gasteiger partial charge in [-0.25, -0.2) is 14.7 Å². The van der Waals surface area contributed by atoms with E-state index in [-0.39, 0.29) is 0 Å². The number of guanidine groups is 1. The van der Waals surface area contributed by atoms with Gasteiger partial charge in [0.25, 0.3) is 0 Å². The van der Waals surface area contributed by atoms with Crippen LogP contribution in [0.1, 0.15) is 30.5 Å². The van der Waals surface area contributed by atoms with Crippen LogP contribution in [-0.2, 0) is 19.5 Å². The summed E-state index contributed by atoms with van der Waals surface area (Å²) in [7, 11) is 0. The Bertz CT molecular complexity index is 925. The molecule has 1 atom stereocenters. The van der Waals surface area contributed by atoms with Crippen LogP contribution in [-0.4, -0.2) is 33.3 Å². The third-order valence-corrected chi connectivity index (χ3v) is 4.81. The molecule has 7 nitrogen and oxygen atoms in total. The zero-order chi connectivity index (χ0) is 17.9. The Morgan fingerprint density at radius 1 is 1.38 bits per heavy atom. The highest BCUT2D eigenvalue weighted by Crippen LogP contribution is 2.25. The summed E-state index contributed by atoms with van der Waals surface area (Å²) in [5.74, 6) is 2.77. The normalized spacial score (nSPS) is 17.3. The zero-order valence-corrected chi connectivity index (χ0v) is 15.2. The van der Waals surface area contributed by atoms with E-state index in [1.807, 2.05) is 22.9 Å². The molecule has 0 spiro atoms. The van der Waals surface area contributed by atoms with Crippen molar-refractivity contribution in [3.63, 3.8) is 0 Å². The van der Waals surface area contributed by atoms with Crippen LogP contribution in [0.2, 0.25) is 0 Å². The van der Waals surface area contributed by atoms with Gasteiger partial charge in [0.05, 0.1) is 6.54 Å². The van der Waals surface area contributed by atoms with Gasteiger partial charge >= 0.3 is 0 Å². The highest BCUT2D eigenvalue weighted by atomic mass is 16.3. The molecule has 26 heavy (non-hydrogen) atoms. The second-order valence-electron chi connectivity index (χ2n) is 6.58. The van der Waals surface area contributed by atoms with Crippen molar-refractivity contribution in [1.29, 1.82) is 0 Å². The third-order valence-electron chi connectivity index (χ3n) is 4.81. The Morgan fingerprint density at radius 3 is 3.12 bits per heavy atom. The number of benzene rings is 1. The number of hydrogen-bond donors (Lipinski definition) is 2. The Kier molecular flexibility index (Phi) is 4.60. The number of nitrogens with one attached hydrogen (secondary N) is 2. The van der Waals surface area contributed by atoms with Crippen molar-refractivity contribution in [3.8, 4) is 0 Å². The molecule has 0 saturated heterocycles. The van der Waals surface area contributed by atoms with Crippen molar-refractivity contribution in [2.75, 3.05) is 6.54 Å². The van der Waals surface area contributed by atoms with Crippen LogP contribution in [0.5, 0.6) is 0 Å². The lowest BCUT2D eigenvalue weighted by atomic mass is 10.1. The van der Waals surface area contributed by atoms with Crippen molar-refractivity contribution in [2.45, 2.75) is 45.8 Å². The number of aryl methyl sites for hydroxylation is 2. The molecule has 2 N–H and O–H groups in total. The molecule has 1 aromatic carbocycles. The van der Waals surface area contributed by atoms with Crippen LogP contribution in [0.3, 0.4) is 0 Å². The first kappa shape index (κ1) is 16.6. The van der Waals surface area contributed by atoms with E-state index in [2.05, 4.69) is 40.6 Å². The molecule has 0 fully saturated rings. The first-order chi connectivity index (χ1) is 12.7. The fraction of sp³-hybridized carbons (Fsp3) is 0.421. The molecule has 0 bridgehead atoms. The maximum atomic E-state index is 5.97. The van der Waals surface area contributed by atoms with E-state index in [9.17, 15) is 0 Å². The number of furan rings is 1. The van der Waals surface area contributed by atoms with Crippen molar-refractivity contribution >= 4 is 16.9 Å². The molecular formula is C19H24N6O. The lowest BCUT2D eigenvalue weighted by Crippen LogP contribution is -2.47. The number of aromatic nitrogens is 3. The first-order valence-corrected chi connectivity index (χ1v) is 9.13. The standard InChI is InChI=1S/C19H24N6O/c1-3-20-19(24-14-8-9-18-22-12-23-25(18)11-14)21-10-17-13(2)15-6-4-5-7-16(15)26-17/h4-7,12,14H,3,8-11H2,1-2H3,(H2,20,21,24). The SMILES string of the molecule is CCNC(=NCc1oc2ccccc2c1C)NC1CCc2ncnn2C1. The van der Waals surface area contributed by atoms with Crippen LogP contribution < -0.4 is 10.6 Å². The minimum atomic E-state index is 0.291. The molecule has 3 heterocycles. The lowest BCUT2D eigenvalue weighted by molar-refractivity contribution is 0.392. The molecular weight excluding hydrogens is 328 g/mol. The number of fused-ring (bicyclic) bond motifs is 2. The third kappa shape index (κ3) is 3.29. The molecule has 1 unspecified atom stereocenters. The summed E-state index contributed by atoms with van der Waals surface area (Å²) in [4.78, 5) is 9.01. The van der Waals surface area contributed by atoms with E-state index in [0.717, 1.165) is 60.0 Å². The molecule has 0 saturated carbocycles. The summed E-state index contributed by atoms with van der Waals surface area (Å²) < 4.78 is 7.93. The van der Waals surface area contributed by atoms with Crippen LogP contribution in [0.4, 0.5) is 0 Å². The maximum absolute atomic E-state index is 5.97. The summed E-state index contributed by atoms with van der Waals surface area (Å²) in [6, 6.07) is 8.40. The van der Waals surface area contributed by atoms with E-state index in [1.54, 1.807) is 6.33 Å². The summed E-state index contributed by atoms with van der Waals surface area (Å²) in [5.41, 5.74) is 2.07. The number of para-hydroxylation sites is 1. The van der Waals surface area contributed by atoms with Crippen LogP contribution >= 0.6 is 0 Å². The van der Waals surface area contributed by atoms with E-state index in [4.69, 9.17) is 9.41 Å². The van der Waals surface area contributed by atoms with Gasteiger partial charge in [0.2, 0.25) is 0 Å². The molecule has 136 valence electrons. The van der Waals surface area contributed by atoms with Gasteiger partial charge in [0, 0.05) is 30.0 Å². The van der Waals surface area contributed by atoms with Crippen molar-refractivity contribution in [3.05, 3.63) is 47.7 Å². The van der Waals surface area contributed by atoms with Gasteiger partial charge in [-0.3, -0.25) is 0 Å². The van der Waals surface area contributed by atoms with E-state index in [1.165, 1.54) is 0 Å². The monoisotopic (exact) mass is 352 g/mol. The fourth-order valence-corrected chi connectivity index (χ4v) is 3.40. The predicted octanol–water partition coefficient (Wildman–Crippen LogP) is 2.40. The van der Waals surface area contributed by atoms with E-state index < -0.39 is 0 Å². The maximum Gasteiger partial charge on any atom is 0.191 e. The smallest absolute Gasteiger partial charge is 0.191 e. The summed E-state index contributed by atoms with van der Waals surface area (Å²) >= 11 is 0. The number of nitrogens with zero attached hydrogens (tertiary/aromatic N) is 4. The molecule has 1 aliphatic heterocycles. The molecule has 0 aliphatic carbocycles. The highest BCUT2D eigenvalue weighted by molar-refractivity contribution is 5.82. The molecule has 1 aliphatic rings. The topological polar surface area (TPSA) is 80.3 Å². The molecule has 3 aromatic rings. The van der Waals surface area contributed by atoms with Crippen molar-refractivity contribution in [1.82, 2.24) is 25.4 Å². The van der Waals surface area contributed by atoms with Gasteiger partial charge in [-0.2, -0.15) is 5.10 Å². The van der Waals surface area contributed by atoms with Gasteiger partial charge in [-0.1, -0.05) is 18.2 Å². The summed E-state index contributed by atoms with van der Waals surface area (Å²) in [6.45, 7) is 6.29. The largest absolute Gasteiger partial charge is 0.459 e. The average Bonchev–Trinajstić information content (AvgIpc) is 3.24. The van der Waals surface area contributed by atoms with Gasteiger partial charge in [-0.15, -0.1) is 0 Å². The predicted molar refractivity (Wildman–Crippen MR) is 101 cm³/mol. The minimum absolute atomic E-state index is 0.291. The minimum Gasteiger partial charge on any atom is -0.459 e. The van der Waals surface area contributed by atoms with Gasteiger partial charge < -0.3 is 15.1 Å². The lowest BCUT2D eigenvalue weighted by Gasteiger charge is -2.25. The van der Waals surface area contributed by atoms with E-state index >= 15 is 0 Å². The van der Waals surface area contributed by atoms with Crippen molar-refractivity contribution < 1.29 is 4.42 Å². The molecule has 0 radical (unpaired) electrons. The van der Waals surface area contributed by atoms with Gasteiger partial charge in [0.15, 0.2) is 5.96 Å². The summed E-state index contributed by atoms with van der Waals surface area (Å²) in [5, 5.41) is 12.3. The highest BCUT2D eigenvalue weighted by Gasteiger charge is 2.20. The Morgan fingerprint density at radius 2 is 2.27 bits per heavy atom. The molecule has 0 amide bonds. The molecule has 2 aromatic heterocycles. The van der Waals surface area contributed by atoms with Crippen molar-refractivity contribution in [2.24, 2.45) is 4.99 Å². The Balaban J connectivity index is 1.48. The zero-order valence-electron chi connectivity index (χ0n) is 15.2. The molecule has 7 heteroatoms. The quantitative estimate of drug-likeness (QED) is 0.557. The first-order valence-electron chi connectivity index (χ1n) is 9.13. The van der Waals surface area contributed by atoms with Gasteiger partial charge in [-0.05, 0) is 26.3 Å². The van der Waals surface area contributed by atoms with Crippen LogP contribution in [0.25, 0.3) is 11.0 Å². The Hall–Kier alpha value is -2.83. The number of rotatable bonds is 4. The van der Waals surface area contributed by atoms with Crippen LogP contribution in [0.15, 0.2) is 40.0 Å². The van der Waals surface area contributed by atoms with Crippen LogP contribution in [0, 0.1) is 6.92 Å². The second kappa shape index (κ2) is 7.19. The van der Waals surface area contributed by atoms with Gasteiger partial charge in [0.1, 0.15) is 30.0 Å². The molecule has 4 rings (SSSR count).